The lowest BCUT2D eigenvalue weighted by atomic mass is 9.90. The van der Waals surface area contributed by atoms with Gasteiger partial charge < -0.3 is 10.2 Å². The van der Waals surface area contributed by atoms with Crippen LogP contribution in [0.2, 0.25) is 0 Å². The molecule has 0 saturated heterocycles. The van der Waals surface area contributed by atoms with Gasteiger partial charge in [0.2, 0.25) is 11.8 Å². The second-order valence-electron chi connectivity index (χ2n) is 6.42. The van der Waals surface area contributed by atoms with E-state index < -0.39 is 5.41 Å². The summed E-state index contributed by atoms with van der Waals surface area (Å²) in [5.74, 6) is -0.368. The Bertz CT molecular complexity index is 515. The first-order valence-corrected chi connectivity index (χ1v) is 8.56. The fraction of sp³-hybridized carbons (Fsp3) is 0.579. The van der Waals surface area contributed by atoms with Crippen molar-refractivity contribution < 1.29 is 9.59 Å². The minimum absolute atomic E-state index is 0.108. The highest BCUT2D eigenvalue weighted by molar-refractivity contribution is 6.09. The van der Waals surface area contributed by atoms with Gasteiger partial charge in [0.15, 0.2) is 0 Å². The van der Waals surface area contributed by atoms with Crippen LogP contribution in [0.5, 0.6) is 0 Å². The van der Waals surface area contributed by atoms with E-state index in [1.165, 1.54) is 5.56 Å². The van der Waals surface area contributed by atoms with Gasteiger partial charge >= 0.3 is 0 Å². The van der Waals surface area contributed by atoms with Gasteiger partial charge in [-0.15, -0.1) is 0 Å². The lowest BCUT2D eigenvalue weighted by Crippen LogP contribution is -2.47. The predicted molar refractivity (Wildman–Crippen MR) is 95.4 cm³/mol. The first-order chi connectivity index (χ1) is 10.9. The number of hydrogen-bond acceptors (Lipinski definition) is 2. The molecule has 1 N–H and O–H groups in total. The lowest BCUT2D eigenvalue weighted by Gasteiger charge is -2.30. The molecule has 0 saturated carbocycles. The van der Waals surface area contributed by atoms with Gasteiger partial charge in [-0.2, -0.15) is 0 Å². The Kier molecular flexibility index (Phi) is 7.27. The third-order valence-electron chi connectivity index (χ3n) is 4.00. The molecule has 1 rings (SSSR count). The molecule has 4 nitrogen and oxygen atoms in total. The summed E-state index contributed by atoms with van der Waals surface area (Å²) < 4.78 is 0. The molecule has 0 fully saturated rings. The van der Waals surface area contributed by atoms with Gasteiger partial charge in [-0.3, -0.25) is 9.59 Å². The van der Waals surface area contributed by atoms with Crippen LogP contribution in [0.25, 0.3) is 0 Å². The molecule has 23 heavy (non-hydrogen) atoms. The van der Waals surface area contributed by atoms with Crippen molar-refractivity contribution in [1.29, 1.82) is 0 Å². The van der Waals surface area contributed by atoms with Crippen LogP contribution in [0, 0.1) is 5.41 Å². The van der Waals surface area contributed by atoms with Gasteiger partial charge in [0.1, 0.15) is 5.41 Å². The van der Waals surface area contributed by atoms with E-state index in [9.17, 15) is 9.59 Å². The SMILES string of the molecule is CCCN(CCC)C(=O)C(C)(C)C(=O)Nc1ccc(CC)cc1. The van der Waals surface area contributed by atoms with Crippen LogP contribution >= 0.6 is 0 Å². The molecule has 0 atom stereocenters. The van der Waals surface area contributed by atoms with Crippen LogP contribution in [-0.2, 0) is 16.0 Å². The number of anilines is 1. The van der Waals surface area contributed by atoms with Crippen molar-refractivity contribution in [2.24, 2.45) is 5.41 Å². The maximum absolute atomic E-state index is 12.7. The molecule has 1 aromatic rings. The van der Waals surface area contributed by atoms with Crippen molar-refractivity contribution in [2.45, 2.75) is 53.9 Å². The minimum Gasteiger partial charge on any atom is -0.342 e. The fourth-order valence-electron chi connectivity index (χ4n) is 2.46. The Balaban J connectivity index is 2.83. The molecule has 0 aliphatic rings. The molecule has 0 aliphatic heterocycles. The summed E-state index contributed by atoms with van der Waals surface area (Å²) in [6.45, 7) is 10.9. The minimum atomic E-state index is -1.08. The number of amides is 2. The Labute approximate surface area is 140 Å². The Hall–Kier alpha value is -1.84. The summed E-state index contributed by atoms with van der Waals surface area (Å²) in [5.41, 5.74) is 0.870. The van der Waals surface area contributed by atoms with E-state index in [1.807, 2.05) is 38.1 Å². The van der Waals surface area contributed by atoms with Crippen molar-refractivity contribution in [1.82, 2.24) is 4.90 Å². The summed E-state index contributed by atoms with van der Waals surface area (Å²) in [6.07, 6.45) is 2.74. The van der Waals surface area contributed by atoms with Crippen LogP contribution in [0.15, 0.2) is 24.3 Å². The number of nitrogens with one attached hydrogen (secondary N) is 1. The highest BCUT2D eigenvalue weighted by atomic mass is 16.2. The lowest BCUT2D eigenvalue weighted by molar-refractivity contribution is -0.146. The summed E-state index contributed by atoms with van der Waals surface area (Å²) in [5, 5.41) is 2.87. The van der Waals surface area contributed by atoms with Crippen LogP contribution in [0.3, 0.4) is 0 Å². The maximum atomic E-state index is 12.7. The zero-order chi connectivity index (χ0) is 17.5. The number of carbonyl (C=O) groups excluding carboxylic acids is 2. The van der Waals surface area contributed by atoms with Gasteiger partial charge in [-0.25, -0.2) is 0 Å². The average molecular weight is 318 g/mol. The van der Waals surface area contributed by atoms with Gasteiger partial charge in [-0.1, -0.05) is 32.9 Å². The van der Waals surface area contributed by atoms with E-state index in [4.69, 9.17) is 0 Å². The molecule has 0 spiro atoms. The normalized spacial score (nSPS) is 11.2. The summed E-state index contributed by atoms with van der Waals surface area (Å²) in [6, 6.07) is 7.75. The molecule has 0 aliphatic carbocycles. The quantitative estimate of drug-likeness (QED) is 0.740. The van der Waals surface area contributed by atoms with E-state index in [0.717, 1.165) is 24.9 Å². The summed E-state index contributed by atoms with van der Waals surface area (Å²) >= 11 is 0. The molecule has 1 aromatic carbocycles. The molecule has 4 heteroatoms. The van der Waals surface area contributed by atoms with E-state index >= 15 is 0 Å². The summed E-state index contributed by atoms with van der Waals surface area (Å²) in [4.78, 5) is 27.1. The molecule has 0 unspecified atom stereocenters. The molecule has 0 heterocycles. The number of nitrogens with zero attached hydrogens (tertiary/aromatic N) is 1. The second-order valence-corrected chi connectivity index (χ2v) is 6.42. The van der Waals surface area contributed by atoms with Gasteiger partial charge in [0, 0.05) is 18.8 Å². The molecule has 2 amide bonds. The number of carbonyl (C=O) groups is 2. The maximum Gasteiger partial charge on any atom is 0.239 e. The standard InChI is InChI=1S/C19H30N2O2/c1-6-13-21(14-7-2)18(23)19(4,5)17(22)20-16-11-9-15(8-3)10-12-16/h9-12H,6-8,13-14H2,1-5H3,(H,20,22). The zero-order valence-corrected chi connectivity index (χ0v) is 15.1. The van der Waals surface area contributed by atoms with Crippen LogP contribution in [0.4, 0.5) is 5.69 Å². The van der Waals surface area contributed by atoms with Gasteiger partial charge in [0.05, 0.1) is 0 Å². The fourth-order valence-corrected chi connectivity index (χ4v) is 2.46. The van der Waals surface area contributed by atoms with Crippen molar-refractivity contribution in [3.05, 3.63) is 29.8 Å². The number of hydrogen-bond donors (Lipinski definition) is 1. The topological polar surface area (TPSA) is 49.4 Å². The largest absolute Gasteiger partial charge is 0.342 e. The molecule has 128 valence electrons. The monoisotopic (exact) mass is 318 g/mol. The molecule has 0 bridgehead atoms. The highest BCUT2D eigenvalue weighted by Gasteiger charge is 2.38. The molecular weight excluding hydrogens is 288 g/mol. The van der Waals surface area contributed by atoms with E-state index in [2.05, 4.69) is 12.2 Å². The van der Waals surface area contributed by atoms with Crippen molar-refractivity contribution in [3.8, 4) is 0 Å². The van der Waals surface area contributed by atoms with Crippen molar-refractivity contribution >= 4 is 17.5 Å². The predicted octanol–water partition coefficient (Wildman–Crippen LogP) is 3.86. The smallest absolute Gasteiger partial charge is 0.239 e. The zero-order valence-electron chi connectivity index (χ0n) is 15.1. The highest BCUT2D eigenvalue weighted by Crippen LogP contribution is 2.22. The van der Waals surface area contributed by atoms with E-state index in [0.29, 0.717) is 13.1 Å². The average Bonchev–Trinajstić information content (AvgIpc) is 2.54. The van der Waals surface area contributed by atoms with Crippen LogP contribution in [-0.4, -0.2) is 29.8 Å². The van der Waals surface area contributed by atoms with Crippen LogP contribution < -0.4 is 5.32 Å². The summed E-state index contributed by atoms with van der Waals surface area (Å²) in [7, 11) is 0. The number of rotatable bonds is 8. The molecule has 0 aromatic heterocycles. The first-order valence-electron chi connectivity index (χ1n) is 8.56. The number of aryl methyl sites for hydroxylation is 1. The Morgan fingerprint density at radius 3 is 1.96 bits per heavy atom. The number of benzene rings is 1. The third-order valence-corrected chi connectivity index (χ3v) is 4.00. The Morgan fingerprint density at radius 2 is 1.52 bits per heavy atom. The molecular formula is C19H30N2O2. The van der Waals surface area contributed by atoms with Gasteiger partial charge in [-0.05, 0) is 50.8 Å². The molecule has 0 radical (unpaired) electrons. The van der Waals surface area contributed by atoms with Crippen molar-refractivity contribution in [3.63, 3.8) is 0 Å². The first kappa shape index (κ1) is 19.2. The van der Waals surface area contributed by atoms with Crippen molar-refractivity contribution in [2.75, 3.05) is 18.4 Å². The van der Waals surface area contributed by atoms with E-state index in [-0.39, 0.29) is 11.8 Å². The Morgan fingerprint density at radius 1 is 1.00 bits per heavy atom. The van der Waals surface area contributed by atoms with Crippen LogP contribution in [0.1, 0.15) is 53.0 Å². The second kappa shape index (κ2) is 8.70. The third kappa shape index (κ3) is 5.08. The van der Waals surface area contributed by atoms with Gasteiger partial charge in [0.25, 0.3) is 0 Å². The van der Waals surface area contributed by atoms with E-state index in [1.54, 1.807) is 18.7 Å².